The van der Waals surface area contributed by atoms with Crippen LogP contribution in [0.3, 0.4) is 0 Å². The number of aryl methyl sites for hydroxylation is 1. The molecule has 0 aliphatic rings. The first-order chi connectivity index (χ1) is 9.69. The van der Waals surface area contributed by atoms with E-state index < -0.39 is 0 Å². The van der Waals surface area contributed by atoms with Crippen LogP contribution in [0.1, 0.15) is 30.5 Å². The summed E-state index contributed by atoms with van der Waals surface area (Å²) >= 11 is 0. The van der Waals surface area contributed by atoms with Crippen molar-refractivity contribution in [3.05, 3.63) is 47.8 Å². The Kier molecular flexibility index (Phi) is 4.93. The predicted octanol–water partition coefficient (Wildman–Crippen LogP) is 3.40. The summed E-state index contributed by atoms with van der Waals surface area (Å²) in [5, 5.41) is 3.26. The Labute approximate surface area is 120 Å². The molecule has 0 saturated heterocycles. The van der Waals surface area contributed by atoms with E-state index in [0.29, 0.717) is 11.9 Å². The van der Waals surface area contributed by atoms with Crippen molar-refractivity contribution < 1.29 is 4.74 Å². The first-order valence-electron chi connectivity index (χ1n) is 6.86. The van der Waals surface area contributed by atoms with Gasteiger partial charge < -0.3 is 10.1 Å². The van der Waals surface area contributed by atoms with E-state index in [1.807, 2.05) is 25.1 Å². The van der Waals surface area contributed by atoms with E-state index in [1.54, 1.807) is 13.3 Å². The predicted molar refractivity (Wildman–Crippen MR) is 81.3 cm³/mol. The maximum absolute atomic E-state index is 5.17. The summed E-state index contributed by atoms with van der Waals surface area (Å²) in [4.78, 5) is 8.52. The van der Waals surface area contributed by atoms with Crippen LogP contribution in [0.25, 0.3) is 0 Å². The van der Waals surface area contributed by atoms with Gasteiger partial charge in [-0.1, -0.05) is 19.1 Å². The number of hydrogen-bond donors (Lipinski definition) is 1. The summed E-state index contributed by atoms with van der Waals surface area (Å²) in [6.45, 7) is 5.05. The molecular weight excluding hydrogens is 250 g/mol. The SMILES string of the molecule is COc1ccc(C(C)CCNc2nccc(C)n2)cc1. The Morgan fingerprint density at radius 1 is 1.20 bits per heavy atom. The molecule has 1 N–H and O–H groups in total. The molecular formula is C16H21N3O. The largest absolute Gasteiger partial charge is 0.497 e. The van der Waals surface area contributed by atoms with Crippen LogP contribution in [-0.4, -0.2) is 23.6 Å². The van der Waals surface area contributed by atoms with Crippen LogP contribution < -0.4 is 10.1 Å². The smallest absolute Gasteiger partial charge is 0.222 e. The maximum Gasteiger partial charge on any atom is 0.222 e. The molecule has 1 heterocycles. The van der Waals surface area contributed by atoms with Gasteiger partial charge in [-0.25, -0.2) is 9.97 Å². The molecule has 0 aliphatic heterocycles. The highest BCUT2D eigenvalue weighted by atomic mass is 16.5. The Balaban J connectivity index is 1.83. The zero-order valence-corrected chi connectivity index (χ0v) is 12.3. The minimum atomic E-state index is 0.484. The highest BCUT2D eigenvalue weighted by molar-refractivity contribution is 5.29. The first kappa shape index (κ1) is 14.3. The van der Waals surface area contributed by atoms with Crippen LogP contribution >= 0.6 is 0 Å². The zero-order chi connectivity index (χ0) is 14.4. The van der Waals surface area contributed by atoms with Crippen molar-refractivity contribution in [2.24, 2.45) is 0 Å². The number of ether oxygens (including phenoxy) is 1. The lowest BCUT2D eigenvalue weighted by molar-refractivity contribution is 0.414. The summed E-state index contributed by atoms with van der Waals surface area (Å²) in [6.07, 6.45) is 2.81. The highest BCUT2D eigenvalue weighted by Crippen LogP contribution is 2.21. The molecule has 1 aromatic carbocycles. The van der Waals surface area contributed by atoms with Crippen molar-refractivity contribution >= 4 is 5.95 Å². The van der Waals surface area contributed by atoms with Crippen molar-refractivity contribution in [1.82, 2.24) is 9.97 Å². The quantitative estimate of drug-likeness (QED) is 0.874. The fourth-order valence-corrected chi connectivity index (χ4v) is 2.03. The molecule has 0 bridgehead atoms. The second kappa shape index (κ2) is 6.89. The van der Waals surface area contributed by atoms with Gasteiger partial charge in [-0.2, -0.15) is 0 Å². The Morgan fingerprint density at radius 3 is 2.60 bits per heavy atom. The molecule has 2 aromatic rings. The molecule has 0 aliphatic carbocycles. The molecule has 0 amide bonds. The standard InChI is InChI=1S/C16H21N3O/c1-12(14-4-6-15(20-3)7-5-14)8-10-17-16-18-11-9-13(2)19-16/h4-7,9,11-12H,8,10H2,1-3H3,(H,17,18,19). The maximum atomic E-state index is 5.17. The fraction of sp³-hybridized carbons (Fsp3) is 0.375. The van der Waals surface area contributed by atoms with Crippen molar-refractivity contribution in [2.45, 2.75) is 26.2 Å². The second-order valence-electron chi connectivity index (χ2n) is 4.91. The third-order valence-corrected chi connectivity index (χ3v) is 3.34. The number of rotatable bonds is 6. The summed E-state index contributed by atoms with van der Waals surface area (Å²) in [7, 11) is 1.68. The molecule has 1 aromatic heterocycles. The van der Waals surface area contributed by atoms with Crippen LogP contribution in [-0.2, 0) is 0 Å². The van der Waals surface area contributed by atoms with Crippen molar-refractivity contribution in [1.29, 1.82) is 0 Å². The molecule has 1 unspecified atom stereocenters. The van der Waals surface area contributed by atoms with Crippen LogP contribution in [0.5, 0.6) is 5.75 Å². The Morgan fingerprint density at radius 2 is 1.95 bits per heavy atom. The van der Waals surface area contributed by atoms with Gasteiger partial charge in [-0.15, -0.1) is 0 Å². The molecule has 2 rings (SSSR count). The minimum absolute atomic E-state index is 0.484. The van der Waals surface area contributed by atoms with Crippen molar-refractivity contribution in [3.63, 3.8) is 0 Å². The number of methoxy groups -OCH3 is 1. The van der Waals surface area contributed by atoms with Gasteiger partial charge in [0.05, 0.1) is 7.11 Å². The normalized spacial score (nSPS) is 11.9. The number of nitrogens with one attached hydrogen (secondary N) is 1. The molecule has 4 heteroatoms. The molecule has 0 radical (unpaired) electrons. The zero-order valence-electron chi connectivity index (χ0n) is 12.3. The van der Waals surface area contributed by atoms with Crippen molar-refractivity contribution in [3.8, 4) is 5.75 Å². The number of aromatic nitrogens is 2. The van der Waals surface area contributed by atoms with E-state index in [1.165, 1.54) is 5.56 Å². The lowest BCUT2D eigenvalue weighted by Crippen LogP contribution is -2.08. The first-order valence-corrected chi connectivity index (χ1v) is 6.86. The van der Waals surface area contributed by atoms with Crippen LogP contribution in [0.4, 0.5) is 5.95 Å². The molecule has 0 fully saturated rings. The second-order valence-corrected chi connectivity index (χ2v) is 4.91. The molecule has 1 atom stereocenters. The number of hydrogen-bond acceptors (Lipinski definition) is 4. The Bertz CT molecular complexity index is 540. The third kappa shape index (κ3) is 3.95. The molecule has 106 valence electrons. The van der Waals surface area contributed by atoms with E-state index in [0.717, 1.165) is 24.4 Å². The molecule has 0 saturated carbocycles. The number of anilines is 1. The molecule has 0 spiro atoms. The summed E-state index contributed by atoms with van der Waals surface area (Å²) < 4.78 is 5.17. The van der Waals surface area contributed by atoms with Gasteiger partial charge in [0.1, 0.15) is 5.75 Å². The lowest BCUT2D eigenvalue weighted by atomic mass is 9.98. The van der Waals surface area contributed by atoms with Gasteiger partial charge in [0.25, 0.3) is 0 Å². The van der Waals surface area contributed by atoms with Crippen LogP contribution in [0.2, 0.25) is 0 Å². The summed E-state index contributed by atoms with van der Waals surface area (Å²) in [6, 6.07) is 10.1. The molecule has 4 nitrogen and oxygen atoms in total. The van der Waals surface area contributed by atoms with Gasteiger partial charge in [0.2, 0.25) is 5.95 Å². The number of nitrogens with zero attached hydrogens (tertiary/aromatic N) is 2. The van der Waals surface area contributed by atoms with Gasteiger partial charge in [0.15, 0.2) is 0 Å². The summed E-state index contributed by atoms with van der Waals surface area (Å²) in [5.41, 5.74) is 2.29. The van der Waals surface area contributed by atoms with E-state index in [-0.39, 0.29) is 0 Å². The fourth-order valence-electron chi connectivity index (χ4n) is 2.03. The van der Waals surface area contributed by atoms with E-state index in [2.05, 4.69) is 34.3 Å². The minimum Gasteiger partial charge on any atom is -0.497 e. The average Bonchev–Trinajstić information content (AvgIpc) is 2.47. The van der Waals surface area contributed by atoms with Gasteiger partial charge >= 0.3 is 0 Å². The summed E-state index contributed by atoms with van der Waals surface area (Å²) in [5.74, 6) is 2.08. The van der Waals surface area contributed by atoms with E-state index in [4.69, 9.17) is 4.74 Å². The van der Waals surface area contributed by atoms with E-state index >= 15 is 0 Å². The third-order valence-electron chi connectivity index (χ3n) is 3.34. The number of benzene rings is 1. The Hall–Kier alpha value is -2.10. The molecule has 20 heavy (non-hydrogen) atoms. The van der Waals surface area contributed by atoms with Crippen molar-refractivity contribution in [2.75, 3.05) is 19.0 Å². The van der Waals surface area contributed by atoms with E-state index in [9.17, 15) is 0 Å². The van der Waals surface area contributed by atoms with Crippen LogP contribution in [0, 0.1) is 6.92 Å². The van der Waals surface area contributed by atoms with Gasteiger partial charge in [-0.3, -0.25) is 0 Å². The highest BCUT2D eigenvalue weighted by Gasteiger charge is 2.06. The lowest BCUT2D eigenvalue weighted by Gasteiger charge is -2.13. The van der Waals surface area contributed by atoms with Gasteiger partial charge in [-0.05, 0) is 43.0 Å². The monoisotopic (exact) mass is 271 g/mol. The van der Waals surface area contributed by atoms with Gasteiger partial charge in [0, 0.05) is 18.4 Å². The average molecular weight is 271 g/mol. The van der Waals surface area contributed by atoms with Crippen LogP contribution in [0.15, 0.2) is 36.5 Å². The topological polar surface area (TPSA) is 47.0 Å².